The van der Waals surface area contributed by atoms with Gasteiger partial charge < -0.3 is 9.64 Å². The van der Waals surface area contributed by atoms with Gasteiger partial charge in [0.25, 0.3) is 0 Å². The molecule has 1 amide bonds. The van der Waals surface area contributed by atoms with Crippen molar-refractivity contribution in [1.29, 1.82) is 0 Å². The van der Waals surface area contributed by atoms with E-state index in [1.807, 2.05) is 37.3 Å². The Morgan fingerprint density at radius 3 is 2.85 bits per heavy atom. The van der Waals surface area contributed by atoms with Crippen molar-refractivity contribution in [3.63, 3.8) is 0 Å². The number of hydrogen-bond donors (Lipinski definition) is 0. The van der Waals surface area contributed by atoms with Crippen LogP contribution in [0.3, 0.4) is 0 Å². The number of ether oxygens (including phenoxy) is 1. The number of nitrogens with zero attached hydrogens (tertiary/aromatic N) is 6. The van der Waals surface area contributed by atoms with Gasteiger partial charge in [-0.3, -0.25) is 9.48 Å². The Kier molecular flexibility index (Phi) is 4.55. The molecule has 0 saturated carbocycles. The van der Waals surface area contributed by atoms with Crippen molar-refractivity contribution < 1.29 is 9.53 Å². The van der Waals surface area contributed by atoms with E-state index >= 15 is 0 Å². The number of aryl methyl sites for hydroxylation is 2. The molecule has 0 spiro atoms. The van der Waals surface area contributed by atoms with Crippen LogP contribution in [0.1, 0.15) is 31.9 Å². The summed E-state index contributed by atoms with van der Waals surface area (Å²) in [5, 5.41) is 8.77. The first-order valence-corrected chi connectivity index (χ1v) is 9.28. The van der Waals surface area contributed by atoms with Crippen molar-refractivity contribution in [2.75, 3.05) is 13.1 Å². The number of amides is 1. The SMILES string of the molecule is CC(=O)N1CCC[C@H](Oc2nc(-c3cn(C)nc3C)cn3nccc23)CC1. The van der Waals surface area contributed by atoms with E-state index in [0.717, 1.165) is 54.8 Å². The normalized spacial score (nSPS) is 17.9. The number of likely N-dealkylation sites (tertiary alicyclic amines) is 1. The minimum Gasteiger partial charge on any atom is -0.473 e. The summed E-state index contributed by atoms with van der Waals surface area (Å²) < 4.78 is 9.88. The van der Waals surface area contributed by atoms with Gasteiger partial charge in [0.05, 0.1) is 23.8 Å². The number of hydrogen-bond acceptors (Lipinski definition) is 5. The summed E-state index contributed by atoms with van der Waals surface area (Å²) in [6, 6.07) is 1.90. The lowest BCUT2D eigenvalue weighted by Crippen LogP contribution is -2.30. The fourth-order valence-electron chi connectivity index (χ4n) is 3.62. The van der Waals surface area contributed by atoms with Crippen LogP contribution in [-0.4, -0.2) is 54.4 Å². The molecule has 1 atom stereocenters. The van der Waals surface area contributed by atoms with E-state index < -0.39 is 0 Å². The van der Waals surface area contributed by atoms with Crippen molar-refractivity contribution in [2.45, 2.75) is 39.2 Å². The maximum absolute atomic E-state index is 11.6. The maximum Gasteiger partial charge on any atom is 0.240 e. The van der Waals surface area contributed by atoms with Crippen LogP contribution in [0.2, 0.25) is 0 Å². The van der Waals surface area contributed by atoms with Gasteiger partial charge in [-0.25, -0.2) is 9.50 Å². The van der Waals surface area contributed by atoms with Crippen molar-refractivity contribution in [3.05, 3.63) is 30.4 Å². The third-order valence-electron chi connectivity index (χ3n) is 5.04. The molecule has 3 aromatic heterocycles. The Hall–Kier alpha value is -2.90. The fraction of sp³-hybridized carbons (Fsp3) is 0.474. The van der Waals surface area contributed by atoms with Crippen molar-refractivity contribution in [1.82, 2.24) is 29.3 Å². The highest BCUT2D eigenvalue weighted by Gasteiger charge is 2.22. The predicted octanol–water partition coefficient (Wildman–Crippen LogP) is 2.22. The average molecular weight is 368 g/mol. The second-order valence-corrected chi connectivity index (χ2v) is 7.07. The molecular formula is C19H24N6O2. The zero-order valence-corrected chi connectivity index (χ0v) is 15.9. The monoisotopic (exact) mass is 368 g/mol. The van der Waals surface area contributed by atoms with Gasteiger partial charge in [-0.05, 0) is 25.8 Å². The van der Waals surface area contributed by atoms with Crippen LogP contribution in [-0.2, 0) is 11.8 Å². The predicted molar refractivity (Wildman–Crippen MR) is 100 cm³/mol. The molecule has 0 unspecified atom stereocenters. The van der Waals surface area contributed by atoms with E-state index in [1.165, 1.54) is 0 Å². The summed E-state index contributed by atoms with van der Waals surface area (Å²) in [7, 11) is 1.90. The fourth-order valence-corrected chi connectivity index (χ4v) is 3.62. The second-order valence-electron chi connectivity index (χ2n) is 7.07. The number of carbonyl (C=O) groups is 1. The molecule has 142 valence electrons. The van der Waals surface area contributed by atoms with E-state index in [0.29, 0.717) is 5.88 Å². The van der Waals surface area contributed by atoms with E-state index in [4.69, 9.17) is 9.72 Å². The highest BCUT2D eigenvalue weighted by atomic mass is 16.5. The number of aromatic nitrogens is 5. The smallest absolute Gasteiger partial charge is 0.240 e. The zero-order chi connectivity index (χ0) is 19.0. The third-order valence-corrected chi connectivity index (χ3v) is 5.04. The maximum atomic E-state index is 11.6. The lowest BCUT2D eigenvalue weighted by Gasteiger charge is -2.19. The average Bonchev–Trinajstić information content (AvgIpc) is 3.14. The van der Waals surface area contributed by atoms with Crippen LogP contribution < -0.4 is 4.74 Å². The zero-order valence-electron chi connectivity index (χ0n) is 15.9. The molecule has 0 radical (unpaired) electrons. The highest BCUT2D eigenvalue weighted by molar-refractivity contribution is 5.73. The molecule has 27 heavy (non-hydrogen) atoms. The molecule has 4 rings (SSSR count). The summed E-state index contributed by atoms with van der Waals surface area (Å²) in [4.78, 5) is 18.3. The summed E-state index contributed by atoms with van der Waals surface area (Å²) in [5.41, 5.74) is 3.50. The van der Waals surface area contributed by atoms with Gasteiger partial charge in [0.2, 0.25) is 11.8 Å². The summed E-state index contributed by atoms with van der Waals surface area (Å²) in [6.45, 7) is 5.10. The van der Waals surface area contributed by atoms with Crippen LogP contribution in [0.15, 0.2) is 24.7 Å². The Balaban J connectivity index is 1.64. The van der Waals surface area contributed by atoms with Gasteiger partial charge >= 0.3 is 0 Å². The molecule has 0 aromatic carbocycles. The minimum atomic E-state index is 0.0331. The Labute approximate surface area is 157 Å². The Morgan fingerprint density at radius 1 is 1.26 bits per heavy atom. The van der Waals surface area contributed by atoms with Crippen LogP contribution in [0.5, 0.6) is 5.88 Å². The van der Waals surface area contributed by atoms with Crippen LogP contribution in [0.4, 0.5) is 0 Å². The minimum absolute atomic E-state index is 0.0331. The molecular weight excluding hydrogens is 344 g/mol. The molecule has 1 aliphatic rings. The van der Waals surface area contributed by atoms with Crippen LogP contribution in [0.25, 0.3) is 16.8 Å². The van der Waals surface area contributed by atoms with Crippen LogP contribution in [0, 0.1) is 6.92 Å². The molecule has 8 nitrogen and oxygen atoms in total. The third kappa shape index (κ3) is 3.51. The van der Waals surface area contributed by atoms with Crippen molar-refractivity contribution >= 4 is 11.4 Å². The number of carbonyl (C=O) groups excluding carboxylic acids is 1. The van der Waals surface area contributed by atoms with Crippen LogP contribution >= 0.6 is 0 Å². The standard InChI is InChI=1S/C19H24N6O2/c1-13-16(11-23(3)22-13)17-12-25-18(6-8-20-25)19(21-17)27-15-5-4-9-24(10-7-15)14(2)26/h6,8,11-12,15H,4-5,7,9-10H2,1-3H3/t15-/m0/s1. The molecule has 0 bridgehead atoms. The van der Waals surface area contributed by atoms with Crippen molar-refractivity contribution in [2.24, 2.45) is 7.05 Å². The first-order chi connectivity index (χ1) is 13.0. The quantitative estimate of drug-likeness (QED) is 0.708. The van der Waals surface area contributed by atoms with Gasteiger partial charge in [-0.15, -0.1) is 0 Å². The summed E-state index contributed by atoms with van der Waals surface area (Å²) in [6.07, 6.45) is 8.27. The number of rotatable bonds is 3. The molecule has 1 fully saturated rings. The first kappa shape index (κ1) is 17.5. The van der Waals surface area contributed by atoms with Gasteiger partial charge in [0.15, 0.2) is 0 Å². The summed E-state index contributed by atoms with van der Waals surface area (Å²) >= 11 is 0. The molecule has 1 saturated heterocycles. The van der Waals surface area contributed by atoms with E-state index in [1.54, 1.807) is 22.3 Å². The first-order valence-electron chi connectivity index (χ1n) is 9.28. The molecule has 0 aliphatic carbocycles. The van der Waals surface area contributed by atoms with Gasteiger partial charge in [-0.1, -0.05) is 0 Å². The molecule has 1 aliphatic heterocycles. The van der Waals surface area contributed by atoms with E-state index in [2.05, 4.69) is 10.2 Å². The lowest BCUT2D eigenvalue weighted by atomic mass is 10.1. The van der Waals surface area contributed by atoms with E-state index in [-0.39, 0.29) is 12.0 Å². The largest absolute Gasteiger partial charge is 0.473 e. The topological polar surface area (TPSA) is 77.6 Å². The second kappa shape index (κ2) is 7.02. The lowest BCUT2D eigenvalue weighted by molar-refractivity contribution is -0.128. The van der Waals surface area contributed by atoms with Gasteiger partial charge in [0, 0.05) is 45.2 Å². The van der Waals surface area contributed by atoms with Crippen molar-refractivity contribution in [3.8, 4) is 17.1 Å². The van der Waals surface area contributed by atoms with E-state index in [9.17, 15) is 4.79 Å². The molecule has 4 heterocycles. The van der Waals surface area contributed by atoms with Gasteiger partial charge in [-0.2, -0.15) is 10.2 Å². The number of fused-ring (bicyclic) bond motifs is 1. The van der Waals surface area contributed by atoms with Gasteiger partial charge in [0.1, 0.15) is 11.6 Å². The summed E-state index contributed by atoms with van der Waals surface area (Å²) in [5.74, 6) is 0.704. The molecule has 0 N–H and O–H groups in total. The molecule has 3 aromatic rings. The Bertz CT molecular complexity index is 976. The Morgan fingerprint density at radius 2 is 2.11 bits per heavy atom. The molecule has 8 heteroatoms. The highest BCUT2D eigenvalue weighted by Crippen LogP contribution is 2.27.